The molecule has 0 spiro atoms. The number of halogens is 2. The van der Waals surface area contributed by atoms with Gasteiger partial charge in [0.05, 0.1) is 5.69 Å². The van der Waals surface area contributed by atoms with Crippen LogP contribution in [0.3, 0.4) is 0 Å². The standard InChI is InChI=1S/C16H20N4OS.2ClH/c1-11-8-18-6-7-20(11)9-14-10-22-16(19-14)13-4-2-12(3-5-13)15(17)21;;/h2-5,10-11,18H,6-9H2,1H3,(H2,17,21);2*1H/t11-;;/m1../s1. The minimum atomic E-state index is -0.404. The summed E-state index contributed by atoms with van der Waals surface area (Å²) in [6, 6.07) is 7.83. The largest absolute Gasteiger partial charge is 0.366 e. The summed E-state index contributed by atoms with van der Waals surface area (Å²) in [6.07, 6.45) is 0. The zero-order valence-electron chi connectivity index (χ0n) is 13.4. The molecule has 0 unspecified atom stereocenters. The number of nitrogens with zero attached hydrogens (tertiary/aromatic N) is 2. The molecule has 0 aliphatic carbocycles. The summed E-state index contributed by atoms with van der Waals surface area (Å²) in [7, 11) is 0. The Balaban J connectivity index is 0.00000144. The molecule has 0 bridgehead atoms. The number of benzene rings is 1. The highest BCUT2D eigenvalue weighted by Gasteiger charge is 2.19. The van der Waals surface area contributed by atoms with Crippen molar-refractivity contribution in [3.8, 4) is 10.6 Å². The highest BCUT2D eigenvalue weighted by molar-refractivity contribution is 7.13. The Morgan fingerprint density at radius 1 is 1.38 bits per heavy atom. The topological polar surface area (TPSA) is 71.2 Å². The molecule has 8 heteroatoms. The van der Waals surface area contributed by atoms with E-state index in [4.69, 9.17) is 10.7 Å². The van der Waals surface area contributed by atoms with E-state index in [1.807, 2.05) is 12.1 Å². The third-order valence-electron chi connectivity index (χ3n) is 3.97. The molecule has 132 valence electrons. The maximum Gasteiger partial charge on any atom is 0.248 e. The number of primary amides is 1. The molecule has 1 aliphatic rings. The molecule has 1 aromatic carbocycles. The van der Waals surface area contributed by atoms with Crippen LogP contribution in [0.25, 0.3) is 10.6 Å². The van der Waals surface area contributed by atoms with Crippen LogP contribution in [0.5, 0.6) is 0 Å². The second-order valence-corrected chi connectivity index (χ2v) is 6.47. The molecular weight excluding hydrogens is 367 g/mol. The second kappa shape index (κ2) is 9.34. The van der Waals surface area contributed by atoms with E-state index in [0.29, 0.717) is 11.6 Å². The van der Waals surface area contributed by atoms with Crippen LogP contribution in [0.1, 0.15) is 23.0 Å². The third-order valence-corrected chi connectivity index (χ3v) is 4.91. The lowest BCUT2D eigenvalue weighted by atomic mass is 10.1. The number of carbonyl (C=O) groups is 1. The van der Waals surface area contributed by atoms with Gasteiger partial charge in [0.15, 0.2) is 0 Å². The van der Waals surface area contributed by atoms with E-state index in [0.717, 1.165) is 42.4 Å². The van der Waals surface area contributed by atoms with Gasteiger partial charge in [-0.25, -0.2) is 4.98 Å². The first-order valence-corrected chi connectivity index (χ1v) is 8.31. The van der Waals surface area contributed by atoms with Crippen molar-refractivity contribution in [3.05, 3.63) is 40.9 Å². The fourth-order valence-corrected chi connectivity index (χ4v) is 3.43. The molecular formula is C16H22Cl2N4OS. The van der Waals surface area contributed by atoms with Crippen LogP contribution in [0.15, 0.2) is 29.6 Å². The van der Waals surface area contributed by atoms with Gasteiger partial charge in [0.1, 0.15) is 5.01 Å². The van der Waals surface area contributed by atoms with Crippen molar-refractivity contribution in [2.45, 2.75) is 19.5 Å². The van der Waals surface area contributed by atoms with Crippen molar-refractivity contribution in [3.63, 3.8) is 0 Å². The number of thiazole rings is 1. The Bertz CT molecular complexity index is 662. The molecule has 5 nitrogen and oxygen atoms in total. The molecule has 1 fully saturated rings. The van der Waals surface area contributed by atoms with Gasteiger partial charge >= 0.3 is 0 Å². The predicted molar refractivity (Wildman–Crippen MR) is 103 cm³/mol. The number of rotatable bonds is 4. The first kappa shape index (κ1) is 20.9. The molecule has 24 heavy (non-hydrogen) atoms. The number of piperazine rings is 1. The zero-order chi connectivity index (χ0) is 15.5. The van der Waals surface area contributed by atoms with Gasteiger partial charge in [0, 0.05) is 48.7 Å². The van der Waals surface area contributed by atoms with Gasteiger partial charge in [-0.05, 0) is 19.1 Å². The Morgan fingerprint density at radius 3 is 2.71 bits per heavy atom. The Morgan fingerprint density at radius 2 is 2.08 bits per heavy atom. The number of aromatic nitrogens is 1. The number of hydrogen-bond donors (Lipinski definition) is 2. The molecule has 3 N–H and O–H groups in total. The minimum absolute atomic E-state index is 0. The van der Waals surface area contributed by atoms with E-state index in [1.54, 1.807) is 23.5 Å². The number of nitrogens with two attached hydrogens (primary N) is 1. The highest BCUT2D eigenvalue weighted by Crippen LogP contribution is 2.25. The zero-order valence-corrected chi connectivity index (χ0v) is 15.8. The van der Waals surface area contributed by atoms with E-state index < -0.39 is 5.91 Å². The van der Waals surface area contributed by atoms with Gasteiger partial charge < -0.3 is 11.1 Å². The monoisotopic (exact) mass is 388 g/mol. The van der Waals surface area contributed by atoms with E-state index in [2.05, 4.69) is 22.5 Å². The second-order valence-electron chi connectivity index (χ2n) is 5.61. The van der Waals surface area contributed by atoms with Gasteiger partial charge in [-0.2, -0.15) is 0 Å². The first-order valence-electron chi connectivity index (χ1n) is 7.43. The lowest BCUT2D eigenvalue weighted by Gasteiger charge is -2.33. The van der Waals surface area contributed by atoms with Crippen molar-refractivity contribution in [1.82, 2.24) is 15.2 Å². The molecule has 1 aliphatic heterocycles. The van der Waals surface area contributed by atoms with Gasteiger partial charge in [0.2, 0.25) is 5.91 Å². The van der Waals surface area contributed by atoms with Crippen LogP contribution >= 0.6 is 36.2 Å². The maximum absolute atomic E-state index is 11.1. The van der Waals surface area contributed by atoms with Crippen LogP contribution in [0.4, 0.5) is 0 Å². The smallest absolute Gasteiger partial charge is 0.248 e. The quantitative estimate of drug-likeness (QED) is 0.843. The Hall–Kier alpha value is -1.18. The number of nitrogens with one attached hydrogen (secondary N) is 1. The highest BCUT2D eigenvalue weighted by atomic mass is 35.5. The molecule has 1 aromatic heterocycles. The SMILES string of the molecule is C[C@@H]1CNCCN1Cc1csc(-c2ccc(C(N)=O)cc2)n1.Cl.Cl. The summed E-state index contributed by atoms with van der Waals surface area (Å²) in [5.74, 6) is -0.404. The van der Waals surface area contributed by atoms with Gasteiger partial charge in [-0.15, -0.1) is 36.2 Å². The molecule has 1 atom stereocenters. The van der Waals surface area contributed by atoms with Gasteiger partial charge in [0.25, 0.3) is 0 Å². The van der Waals surface area contributed by atoms with Crippen molar-refractivity contribution >= 4 is 42.1 Å². The van der Waals surface area contributed by atoms with Crippen molar-refractivity contribution in [1.29, 1.82) is 0 Å². The summed E-state index contributed by atoms with van der Waals surface area (Å²) in [4.78, 5) is 18.3. The molecule has 1 saturated heterocycles. The molecule has 0 radical (unpaired) electrons. The number of hydrogen-bond acceptors (Lipinski definition) is 5. The average Bonchev–Trinajstić information content (AvgIpc) is 2.98. The average molecular weight is 389 g/mol. The molecule has 2 heterocycles. The normalized spacial score (nSPS) is 17.6. The molecule has 0 saturated carbocycles. The third kappa shape index (κ3) is 4.91. The van der Waals surface area contributed by atoms with Crippen molar-refractivity contribution in [2.75, 3.05) is 19.6 Å². The summed E-state index contributed by atoms with van der Waals surface area (Å²) in [5.41, 5.74) is 7.91. The summed E-state index contributed by atoms with van der Waals surface area (Å²) in [5, 5.41) is 6.50. The van der Waals surface area contributed by atoms with Crippen molar-refractivity contribution < 1.29 is 4.79 Å². The van der Waals surface area contributed by atoms with Crippen molar-refractivity contribution in [2.24, 2.45) is 5.73 Å². The van der Waals surface area contributed by atoms with E-state index >= 15 is 0 Å². The molecule has 3 rings (SSSR count). The minimum Gasteiger partial charge on any atom is -0.366 e. The molecule has 1 amide bonds. The van der Waals surface area contributed by atoms with E-state index in [1.165, 1.54) is 0 Å². The van der Waals surface area contributed by atoms with Crippen LogP contribution in [0, 0.1) is 0 Å². The lowest BCUT2D eigenvalue weighted by molar-refractivity contribution is 0.100. The van der Waals surface area contributed by atoms with Gasteiger partial charge in [-0.1, -0.05) is 12.1 Å². The summed E-state index contributed by atoms with van der Waals surface area (Å²) in [6.45, 7) is 6.25. The number of amides is 1. The predicted octanol–water partition coefficient (Wildman–Crippen LogP) is 2.55. The first-order chi connectivity index (χ1) is 10.6. The van der Waals surface area contributed by atoms with Crippen LogP contribution < -0.4 is 11.1 Å². The van der Waals surface area contributed by atoms with E-state index in [-0.39, 0.29) is 24.8 Å². The van der Waals surface area contributed by atoms with Crippen LogP contribution in [-0.2, 0) is 6.54 Å². The summed E-state index contributed by atoms with van der Waals surface area (Å²) >= 11 is 1.64. The maximum atomic E-state index is 11.1. The summed E-state index contributed by atoms with van der Waals surface area (Å²) < 4.78 is 0. The van der Waals surface area contributed by atoms with Crippen LogP contribution in [-0.4, -0.2) is 41.5 Å². The lowest BCUT2D eigenvalue weighted by Crippen LogP contribution is -2.49. The van der Waals surface area contributed by atoms with E-state index in [9.17, 15) is 4.79 Å². The number of carbonyl (C=O) groups excluding carboxylic acids is 1. The Labute approximate surface area is 158 Å². The molecule has 2 aromatic rings. The fourth-order valence-electron chi connectivity index (χ4n) is 2.62. The fraction of sp³-hybridized carbons (Fsp3) is 0.375. The Kier molecular flexibility index (Phi) is 8.12. The van der Waals surface area contributed by atoms with Gasteiger partial charge in [-0.3, -0.25) is 9.69 Å². The van der Waals surface area contributed by atoms with Crippen LogP contribution in [0.2, 0.25) is 0 Å².